The molecule has 0 saturated carbocycles. The molecule has 0 bridgehead atoms. The maximum Gasteiger partial charge on any atom is 0.308 e. The van der Waals surface area contributed by atoms with Crippen LogP contribution < -0.4 is 14.3 Å². The first-order valence-corrected chi connectivity index (χ1v) is 13.4. The number of thiazole rings is 1. The minimum atomic E-state index is -3.80. The van der Waals surface area contributed by atoms with Crippen molar-refractivity contribution in [3.05, 3.63) is 92.0 Å². The van der Waals surface area contributed by atoms with Gasteiger partial charge in [0, 0.05) is 5.02 Å². The summed E-state index contributed by atoms with van der Waals surface area (Å²) in [4.78, 5) is 12.5. The first kappa shape index (κ1) is 24.5. The lowest BCUT2D eigenvalue weighted by Crippen LogP contribution is -2.36. The first-order chi connectivity index (χ1) is 16.1. The molecule has 0 spiro atoms. The van der Waals surface area contributed by atoms with Crippen LogP contribution in [0.3, 0.4) is 0 Å². The summed E-state index contributed by atoms with van der Waals surface area (Å²) in [5, 5.41) is 0.578. The molecule has 0 aliphatic heterocycles. The van der Waals surface area contributed by atoms with Crippen LogP contribution in [-0.2, 0) is 16.6 Å². The number of rotatable bonds is 8. The highest BCUT2D eigenvalue weighted by Gasteiger charge is 2.20. The van der Waals surface area contributed by atoms with Gasteiger partial charge < -0.3 is 4.74 Å². The second-order valence-corrected chi connectivity index (χ2v) is 11.4. The van der Waals surface area contributed by atoms with Crippen LogP contribution in [-0.4, -0.2) is 25.6 Å². The van der Waals surface area contributed by atoms with E-state index in [4.69, 9.17) is 16.3 Å². The first-order valence-electron chi connectivity index (χ1n) is 10.7. The van der Waals surface area contributed by atoms with E-state index in [9.17, 15) is 13.2 Å². The number of nitrogens with zero attached hydrogens (tertiary/aromatic N) is 1. The van der Waals surface area contributed by atoms with E-state index in [1.165, 1.54) is 17.7 Å². The van der Waals surface area contributed by atoms with Crippen molar-refractivity contribution in [3.63, 3.8) is 0 Å². The number of halogens is 1. The third-order valence-corrected chi connectivity index (χ3v) is 8.47. The van der Waals surface area contributed by atoms with E-state index < -0.39 is 16.1 Å². The second-order valence-electron chi connectivity index (χ2n) is 8.25. The second kappa shape index (κ2) is 9.92. The van der Waals surface area contributed by atoms with Crippen molar-refractivity contribution in [2.45, 2.75) is 38.3 Å². The van der Waals surface area contributed by atoms with Gasteiger partial charge in [0.05, 0.1) is 27.7 Å². The Kier molecular flexibility index (Phi) is 7.14. The monoisotopic (exact) mass is 516 g/mol. The van der Waals surface area contributed by atoms with Crippen LogP contribution in [0.5, 0.6) is 5.75 Å². The normalized spacial score (nSPS) is 12.7. The van der Waals surface area contributed by atoms with Gasteiger partial charge in [-0.05, 0) is 73.9 Å². The fourth-order valence-corrected chi connectivity index (χ4v) is 6.01. The molecule has 0 aliphatic carbocycles. The largest absolute Gasteiger partial charge is 0.492 e. The molecule has 178 valence electrons. The van der Waals surface area contributed by atoms with E-state index in [0.29, 0.717) is 27.5 Å². The van der Waals surface area contributed by atoms with E-state index in [1.807, 2.05) is 50.2 Å². The standard InChI is InChI=1S/C25H25ClN2O4S2/c1-16-8-9-20(12-17(16)2)32-15-18(3)27-34(30,31)21-10-11-23-24(13-21)33-25(29)28(23)14-19-6-4-5-7-22(19)26/h4-13,18,27H,14-15H2,1-3H3/t18-/m1/s1. The van der Waals surface area contributed by atoms with Gasteiger partial charge >= 0.3 is 4.87 Å². The third kappa shape index (κ3) is 5.36. The summed E-state index contributed by atoms with van der Waals surface area (Å²) >= 11 is 7.26. The average molecular weight is 517 g/mol. The Balaban J connectivity index is 1.50. The lowest BCUT2D eigenvalue weighted by molar-refractivity contribution is 0.287. The Morgan fingerprint density at radius 2 is 1.82 bits per heavy atom. The fraction of sp³-hybridized carbons (Fsp3) is 0.240. The van der Waals surface area contributed by atoms with Gasteiger partial charge in [-0.15, -0.1) is 0 Å². The zero-order valence-electron chi connectivity index (χ0n) is 19.0. The van der Waals surface area contributed by atoms with Crippen LogP contribution in [0.25, 0.3) is 10.2 Å². The van der Waals surface area contributed by atoms with Crippen LogP contribution in [0.1, 0.15) is 23.6 Å². The highest BCUT2D eigenvalue weighted by Crippen LogP contribution is 2.24. The smallest absolute Gasteiger partial charge is 0.308 e. The van der Waals surface area contributed by atoms with Crippen molar-refractivity contribution in [2.75, 3.05) is 6.61 Å². The molecule has 0 fully saturated rings. The minimum absolute atomic E-state index is 0.101. The molecule has 6 nitrogen and oxygen atoms in total. The number of aryl methyl sites for hydroxylation is 2. The molecule has 3 aromatic carbocycles. The molecule has 4 aromatic rings. The van der Waals surface area contributed by atoms with Gasteiger partial charge in [0.1, 0.15) is 12.4 Å². The quantitative estimate of drug-likeness (QED) is 0.352. The number of benzene rings is 3. The molecule has 1 aromatic heterocycles. The Morgan fingerprint density at radius 3 is 2.56 bits per heavy atom. The van der Waals surface area contributed by atoms with Crippen LogP contribution in [0, 0.1) is 13.8 Å². The summed E-state index contributed by atoms with van der Waals surface area (Å²) in [5.74, 6) is 0.695. The molecule has 4 rings (SSSR count). The van der Waals surface area contributed by atoms with E-state index in [2.05, 4.69) is 4.72 Å². The zero-order chi connectivity index (χ0) is 24.5. The minimum Gasteiger partial charge on any atom is -0.492 e. The van der Waals surface area contributed by atoms with Gasteiger partial charge in [0.2, 0.25) is 10.0 Å². The number of fused-ring (bicyclic) bond motifs is 1. The molecule has 1 heterocycles. The van der Waals surface area contributed by atoms with Crippen LogP contribution in [0.4, 0.5) is 0 Å². The molecule has 9 heteroatoms. The number of aromatic nitrogens is 1. The molecule has 0 aliphatic rings. The van der Waals surface area contributed by atoms with Gasteiger partial charge in [-0.2, -0.15) is 0 Å². The van der Waals surface area contributed by atoms with E-state index in [1.54, 1.807) is 23.6 Å². The predicted octanol–water partition coefficient (Wildman–Crippen LogP) is 5.13. The summed E-state index contributed by atoms with van der Waals surface area (Å²) in [6.07, 6.45) is 0. The van der Waals surface area contributed by atoms with Crippen LogP contribution >= 0.6 is 22.9 Å². The fourth-order valence-electron chi connectivity index (χ4n) is 3.55. The predicted molar refractivity (Wildman–Crippen MR) is 138 cm³/mol. The van der Waals surface area contributed by atoms with Gasteiger partial charge in [-0.25, -0.2) is 13.1 Å². The number of hydrogen-bond acceptors (Lipinski definition) is 5. The molecular weight excluding hydrogens is 492 g/mol. The molecule has 1 atom stereocenters. The van der Waals surface area contributed by atoms with Crippen molar-refractivity contribution in [3.8, 4) is 5.75 Å². The number of hydrogen-bond donors (Lipinski definition) is 1. The number of sulfonamides is 1. The van der Waals surface area contributed by atoms with Crippen molar-refractivity contribution >= 4 is 43.2 Å². The van der Waals surface area contributed by atoms with Crippen LogP contribution in [0.15, 0.2) is 70.4 Å². The maximum atomic E-state index is 13.0. The topological polar surface area (TPSA) is 77.4 Å². The zero-order valence-corrected chi connectivity index (χ0v) is 21.4. The number of nitrogens with one attached hydrogen (secondary N) is 1. The number of ether oxygens (including phenoxy) is 1. The summed E-state index contributed by atoms with van der Waals surface area (Å²) < 4.78 is 36.5. The maximum absolute atomic E-state index is 13.0. The van der Waals surface area contributed by atoms with E-state index >= 15 is 0 Å². The average Bonchev–Trinajstić information content (AvgIpc) is 3.10. The van der Waals surface area contributed by atoms with E-state index in [0.717, 1.165) is 22.5 Å². The van der Waals surface area contributed by atoms with Gasteiger partial charge in [-0.1, -0.05) is 47.2 Å². The van der Waals surface area contributed by atoms with Crippen molar-refractivity contribution in [1.82, 2.24) is 9.29 Å². The Morgan fingerprint density at radius 1 is 1.06 bits per heavy atom. The van der Waals surface area contributed by atoms with Gasteiger partial charge in [0.15, 0.2) is 0 Å². The van der Waals surface area contributed by atoms with Crippen molar-refractivity contribution in [1.29, 1.82) is 0 Å². The van der Waals surface area contributed by atoms with Crippen molar-refractivity contribution < 1.29 is 13.2 Å². The SMILES string of the molecule is Cc1ccc(OC[C@@H](C)NS(=O)(=O)c2ccc3c(c2)sc(=O)n3Cc2ccccc2Cl)cc1C. The summed E-state index contributed by atoms with van der Waals surface area (Å²) in [5.41, 5.74) is 3.76. The highest BCUT2D eigenvalue weighted by molar-refractivity contribution is 7.89. The Hall–Kier alpha value is -2.65. The molecule has 0 amide bonds. The molecule has 0 unspecified atom stereocenters. The van der Waals surface area contributed by atoms with E-state index in [-0.39, 0.29) is 16.4 Å². The van der Waals surface area contributed by atoms with Crippen LogP contribution in [0.2, 0.25) is 5.02 Å². The molecule has 1 N–H and O–H groups in total. The Bertz CT molecular complexity index is 1510. The lowest BCUT2D eigenvalue weighted by atomic mass is 10.1. The summed E-state index contributed by atoms with van der Waals surface area (Å²) in [6, 6.07) is 17.4. The third-order valence-electron chi connectivity index (χ3n) is 5.57. The molecular formula is C25H25ClN2O4S2. The Labute approximate surface area is 207 Å². The lowest BCUT2D eigenvalue weighted by Gasteiger charge is -2.16. The molecule has 34 heavy (non-hydrogen) atoms. The van der Waals surface area contributed by atoms with Gasteiger partial charge in [0.25, 0.3) is 0 Å². The van der Waals surface area contributed by atoms with Gasteiger partial charge in [-0.3, -0.25) is 9.36 Å². The molecule has 0 saturated heterocycles. The van der Waals surface area contributed by atoms with Crippen molar-refractivity contribution in [2.24, 2.45) is 0 Å². The summed E-state index contributed by atoms with van der Waals surface area (Å²) in [6.45, 7) is 6.27. The summed E-state index contributed by atoms with van der Waals surface area (Å²) in [7, 11) is -3.80. The molecule has 0 radical (unpaired) electrons. The highest BCUT2D eigenvalue weighted by atomic mass is 35.5.